The van der Waals surface area contributed by atoms with E-state index in [4.69, 9.17) is 5.73 Å². The first-order valence-corrected chi connectivity index (χ1v) is 6.60. The van der Waals surface area contributed by atoms with Crippen LogP contribution in [-0.4, -0.2) is 24.0 Å². The zero-order chi connectivity index (χ0) is 13.0. The smallest absolute Gasteiger partial charge is 0.321 e. The molecule has 0 radical (unpaired) electrons. The van der Waals surface area contributed by atoms with Crippen molar-refractivity contribution in [2.45, 2.75) is 26.2 Å². The second kappa shape index (κ2) is 5.76. The molecule has 98 valence electrons. The third-order valence-electron chi connectivity index (χ3n) is 3.51. The zero-order valence-corrected chi connectivity index (χ0v) is 10.9. The highest BCUT2D eigenvalue weighted by atomic mass is 16.2. The molecule has 4 nitrogen and oxygen atoms in total. The van der Waals surface area contributed by atoms with Crippen LogP contribution in [0.5, 0.6) is 0 Å². The minimum absolute atomic E-state index is 0.0324. The molecule has 0 atom stereocenters. The van der Waals surface area contributed by atoms with E-state index in [1.54, 1.807) is 6.07 Å². The molecular weight excluding hydrogens is 226 g/mol. The van der Waals surface area contributed by atoms with E-state index in [-0.39, 0.29) is 6.03 Å². The number of carbonyl (C=O) groups excluding carboxylic acids is 1. The van der Waals surface area contributed by atoms with E-state index in [0.717, 1.165) is 18.8 Å². The van der Waals surface area contributed by atoms with Gasteiger partial charge in [0.15, 0.2) is 0 Å². The van der Waals surface area contributed by atoms with Gasteiger partial charge in [-0.15, -0.1) is 0 Å². The molecule has 4 heteroatoms. The van der Waals surface area contributed by atoms with Crippen molar-refractivity contribution >= 4 is 17.4 Å². The Kier molecular flexibility index (Phi) is 4.07. The normalized spacial score (nSPS) is 14.9. The van der Waals surface area contributed by atoms with Gasteiger partial charge < -0.3 is 16.0 Å². The van der Waals surface area contributed by atoms with E-state index < -0.39 is 0 Å². The monoisotopic (exact) mass is 247 g/mol. The number of nitrogen functional groups attached to an aromatic ring is 1. The lowest BCUT2D eigenvalue weighted by molar-refractivity contribution is 0.182. The van der Waals surface area contributed by atoms with Crippen molar-refractivity contribution in [1.82, 2.24) is 4.90 Å². The first-order chi connectivity index (χ1) is 8.69. The number of anilines is 2. The predicted molar refractivity (Wildman–Crippen MR) is 74.5 cm³/mol. The predicted octanol–water partition coefficient (Wildman–Crippen LogP) is 2.92. The number of nitrogens with one attached hydrogen (secondary N) is 1. The Morgan fingerprint density at radius 2 is 2.28 bits per heavy atom. The summed E-state index contributed by atoms with van der Waals surface area (Å²) >= 11 is 0. The average molecular weight is 247 g/mol. The summed E-state index contributed by atoms with van der Waals surface area (Å²) in [6.07, 6.45) is 3.81. The maximum atomic E-state index is 12.1. The van der Waals surface area contributed by atoms with Gasteiger partial charge in [0.1, 0.15) is 0 Å². The highest BCUT2D eigenvalue weighted by molar-refractivity contribution is 5.89. The van der Waals surface area contributed by atoms with Crippen LogP contribution in [0.1, 0.15) is 26.2 Å². The first-order valence-electron chi connectivity index (χ1n) is 6.60. The molecule has 18 heavy (non-hydrogen) atoms. The van der Waals surface area contributed by atoms with Crippen molar-refractivity contribution in [2.75, 3.05) is 24.1 Å². The molecule has 1 aliphatic rings. The third kappa shape index (κ3) is 3.15. The van der Waals surface area contributed by atoms with Crippen LogP contribution >= 0.6 is 0 Å². The summed E-state index contributed by atoms with van der Waals surface area (Å²) in [5, 5.41) is 2.89. The number of amides is 2. The summed E-state index contributed by atoms with van der Waals surface area (Å²) in [7, 11) is 0. The van der Waals surface area contributed by atoms with Crippen LogP contribution < -0.4 is 11.1 Å². The Labute approximate surface area is 108 Å². The number of urea groups is 1. The van der Waals surface area contributed by atoms with Crippen LogP contribution in [-0.2, 0) is 0 Å². The summed E-state index contributed by atoms with van der Waals surface area (Å²) < 4.78 is 0. The average Bonchev–Trinajstić information content (AvgIpc) is 2.27. The molecule has 0 unspecified atom stereocenters. The van der Waals surface area contributed by atoms with Gasteiger partial charge in [-0.2, -0.15) is 0 Å². The summed E-state index contributed by atoms with van der Waals surface area (Å²) in [5.41, 5.74) is 7.11. The topological polar surface area (TPSA) is 58.4 Å². The van der Waals surface area contributed by atoms with Crippen molar-refractivity contribution in [3.8, 4) is 0 Å². The van der Waals surface area contributed by atoms with Crippen molar-refractivity contribution in [2.24, 2.45) is 5.92 Å². The van der Waals surface area contributed by atoms with Gasteiger partial charge in [0.2, 0.25) is 0 Å². The maximum absolute atomic E-state index is 12.1. The molecule has 3 N–H and O–H groups in total. The number of rotatable bonds is 4. The van der Waals surface area contributed by atoms with Crippen molar-refractivity contribution in [3.63, 3.8) is 0 Å². The van der Waals surface area contributed by atoms with Crippen molar-refractivity contribution < 1.29 is 4.79 Å². The van der Waals surface area contributed by atoms with Gasteiger partial charge in [-0.1, -0.05) is 12.5 Å². The Balaban J connectivity index is 1.92. The minimum Gasteiger partial charge on any atom is -0.399 e. The lowest BCUT2D eigenvalue weighted by Gasteiger charge is -2.31. The molecule has 1 aliphatic carbocycles. The largest absolute Gasteiger partial charge is 0.399 e. The van der Waals surface area contributed by atoms with Crippen LogP contribution in [0.3, 0.4) is 0 Å². The van der Waals surface area contributed by atoms with Crippen LogP contribution in [0.15, 0.2) is 24.3 Å². The van der Waals surface area contributed by atoms with Crippen LogP contribution in [0, 0.1) is 5.92 Å². The SMILES string of the molecule is CCN(CC1CCC1)C(=O)Nc1cccc(N)c1. The van der Waals surface area contributed by atoms with E-state index in [2.05, 4.69) is 5.32 Å². The molecule has 0 saturated heterocycles. The van der Waals surface area contributed by atoms with Crippen LogP contribution in [0.2, 0.25) is 0 Å². The fourth-order valence-corrected chi connectivity index (χ4v) is 2.16. The molecule has 0 aromatic heterocycles. The molecule has 0 aliphatic heterocycles. The lowest BCUT2D eigenvalue weighted by atomic mass is 9.85. The molecule has 1 aromatic carbocycles. The van der Waals surface area contributed by atoms with Crippen LogP contribution in [0.25, 0.3) is 0 Å². The van der Waals surface area contributed by atoms with Gasteiger partial charge in [0, 0.05) is 24.5 Å². The second-order valence-electron chi connectivity index (χ2n) is 4.89. The Hall–Kier alpha value is -1.71. The summed E-state index contributed by atoms with van der Waals surface area (Å²) in [5.74, 6) is 0.691. The van der Waals surface area contributed by atoms with E-state index in [1.165, 1.54) is 19.3 Å². The number of benzene rings is 1. The van der Waals surface area contributed by atoms with Gasteiger partial charge >= 0.3 is 6.03 Å². The summed E-state index contributed by atoms with van der Waals surface area (Å²) in [4.78, 5) is 14.0. The first kappa shape index (κ1) is 12.7. The fraction of sp³-hybridized carbons (Fsp3) is 0.500. The quantitative estimate of drug-likeness (QED) is 0.804. The number of hydrogen-bond acceptors (Lipinski definition) is 2. The van der Waals surface area contributed by atoms with Gasteiger partial charge in [-0.3, -0.25) is 0 Å². The molecule has 1 aromatic rings. The van der Waals surface area contributed by atoms with Gasteiger partial charge in [-0.25, -0.2) is 4.79 Å². The van der Waals surface area contributed by atoms with E-state index in [1.807, 2.05) is 30.0 Å². The van der Waals surface area contributed by atoms with Gasteiger partial charge in [-0.05, 0) is 43.9 Å². The molecule has 0 heterocycles. The maximum Gasteiger partial charge on any atom is 0.321 e. The molecule has 2 rings (SSSR count). The number of nitrogens with zero attached hydrogens (tertiary/aromatic N) is 1. The van der Waals surface area contributed by atoms with E-state index in [0.29, 0.717) is 11.6 Å². The Morgan fingerprint density at radius 1 is 1.50 bits per heavy atom. The third-order valence-corrected chi connectivity index (χ3v) is 3.51. The van der Waals surface area contributed by atoms with Crippen molar-refractivity contribution in [1.29, 1.82) is 0 Å². The fourth-order valence-electron chi connectivity index (χ4n) is 2.16. The zero-order valence-electron chi connectivity index (χ0n) is 10.9. The lowest BCUT2D eigenvalue weighted by Crippen LogP contribution is -2.39. The van der Waals surface area contributed by atoms with E-state index >= 15 is 0 Å². The molecule has 1 saturated carbocycles. The number of carbonyl (C=O) groups is 1. The van der Waals surface area contributed by atoms with Gasteiger partial charge in [0.05, 0.1) is 0 Å². The standard InChI is InChI=1S/C14H21N3O/c1-2-17(10-11-5-3-6-11)14(18)16-13-8-4-7-12(15)9-13/h4,7-9,11H,2-3,5-6,10,15H2,1H3,(H,16,18). The number of hydrogen-bond donors (Lipinski definition) is 2. The molecule has 0 bridgehead atoms. The summed E-state index contributed by atoms with van der Waals surface area (Å²) in [6, 6.07) is 7.24. The Bertz CT molecular complexity index is 415. The molecular formula is C14H21N3O. The Morgan fingerprint density at radius 3 is 2.83 bits per heavy atom. The molecule has 1 fully saturated rings. The highest BCUT2D eigenvalue weighted by Gasteiger charge is 2.22. The molecule has 2 amide bonds. The van der Waals surface area contributed by atoms with Gasteiger partial charge in [0.25, 0.3) is 0 Å². The van der Waals surface area contributed by atoms with Crippen LogP contribution in [0.4, 0.5) is 16.2 Å². The highest BCUT2D eigenvalue weighted by Crippen LogP contribution is 2.27. The minimum atomic E-state index is -0.0324. The molecule has 0 spiro atoms. The second-order valence-corrected chi connectivity index (χ2v) is 4.89. The summed E-state index contributed by atoms with van der Waals surface area (Å²) in [6.45, 7) is 3.62. The van der Waals surface area contributed by atoms with E-state index in [9.17, 15) is 4.79 Å². The van der Waals surface area contributed by atoms with Crippen molar-refractivity contribution in [3.05, 3.63) is 24.3 Å². The number of nitrogens with two attached hydrogens (primary N) is 1.